The third-order valence-corrected chi connectivity index (χ3v) is 4.05. The van der Waals surface area contributed by atoms with E-state index in [0.717, 1.165) is 23.7 Å². The Morgan fingerprint density at radius 2 is 2.05 bits per heavy atom. The molecule has 0 bridgehead atoms. The lowest BCUT2D eigenvalue weighted by Gasteiger charge is -2.22. The van der Waals surface area contributed by atoms with Gasteiger partial charge in [0.15, 0.2) is 0 Å². The summed E-state index contributed by atoms with van der Waals surface area (Å²) in [5.41, 5.74) is 2.92. The predicted octanol–water partition coefficient (Wildman–Crippen LogP) is 3.54. The van der Waals surface area contributed by atoms with E-state index < -0.39 is 0 Å². The molecular formula is C16H20N2O. The average Bonchev–Trinajstić information content (AvgIpc) is 2.85. The number of H-pyrrole nitrogens is 1. The van der Waals surface area contributed by atoms with Gasteiger partial charge in [0, 0.05) is 16.9 Å². The fraction of sp³-hybridized carbons (Fsp3) is 0.438. The summed E-state index contributed by atoms with van der Waals surface area (Å²) in [6, 6.07) is 8.42. The molecule has 1 aliphatic carbocycles. The molecular weight excluding hydrogens is 236 g/mol. The van der Waals surface area contributed by atoms with Gasteiger partial charge in [0.25, 0.3) is 5.91 Å². The van der Waals surface area contributed by atoms with Crippen LogP contribution in [0.4, 0.5) is 0 Å². The van der Waals surface area contributed by atoms with Crippen LogP contribution < -0.4 is 5.32 Å². The Balaban J connectivity index is 1.79. The zero-order valence-electron chi connectivity index (χ0n) is 11.3. The zero-order chi connectivity index (χ0) is 13.2. The Labute approximate surface area is 113 Å². The first-order valence-corrected chi connectivity index (χ1v) is 7.13. The average molecular weight is 256 g/mol. The lowest BCUT2D eigenvalue weighted by molar-refractivity contribution is 0.0923. The third-order valence-electron chi connectivity index (χ3n) is 4.05. The van der Waals surface area contributed by atoms with E-state index in [1.54, 1.807) is 0 Å². The zero-order valence-corrected chi connectivity index (χ0v) is 11.3. The van der Waals surface area contributed by atoms with Crippen LogP contribution in [-0.4, -0.2) is 16.9 Å². The second kappa shape index (κ2) is 5.08. The number of fused-ring (bicyclic) bond motifs is 1. The van der Waals surface area contributed by atoms with Crippen molar-refractivity contribution in [1.29, 1.82) is 0 Å². The minimum absolute atomic E-state index is 0.0301. The monoisotopic (exact) mass is 256 g/mol. The van der Waals surface area contributed by atoms with Gasteiger partial charge in [0.05, 0.1) is 0 Å². The van der Waals surface area contributed by atoms with Gasteiger partial charge in [-0.15, -0.1) is 0 Å². The Kier molecular flexibility index (Phi) is 3.28. The van der Waals surface area contributed by atoms with Gasteiger partial charge in [-0.1, -0.05) is 37.5 Å². The van der Waals surface area contributed by atoms with Crippen LogP contribution in [0.2, 0.25) is 0 Å². The smallest absolute Gasteiger partial charge is 0.267 e. The van der Waals surface area contributed by atoms with Crippen molar-refractivity contribution in [2.45, 2.75) is 45.1 Å². The van der Waals surface area contributed by atoms with Crippen molar-refractivity contribution in [2.75, 3.05) is 0 Å². The van der Waals surface area contributed by atoms with Crippen LogP contribution in [0, 0.1) is 6.92 Å². The maximum absolute atomic E-state index is 12.3. The van der Waals surface area contributed by atoms with E-state index in [-0.39, 0.29) is 5.91 Å². The predicted molar refractivity (Wildman–Crippen MR) is 77.4 cm³/mol. The number of benzene rings is 1. The van der Waals surface area contributed by atoms with Gasteiger partial charge in [0.1, 0.15) is 5.69 Å². The van der Waals surface area contributed by atoms with E-state index in [1.165, 1.54) is 24.8 Å². The molecule has 100 valence electrons. The van der Waals surface area contributed by atoms with E-state index in [4.69, 9.17) is 0 Å². The first kappa shape index (κ1) is 12.3. The van der Waals surface area contributed by atoms with Crippen molar-refractivity contribution in [3.63, 3.8) is 0 Å². The molecule has 1 aliphatic rings. The SMILES string of the molecule is Cc1cccc2cc(C(=O)NC3CCCCC3)[nH]c12. The number of aromatic nitrogens is 1. The highest BCUT2D eigenvalue weighted by Gasteiger charge is 2.17. The van der Waals surface area contributed by atoms with Crippen LogP contribution in [0.3, 0.4) is 0 Å². The molecule has 1 amide bonds. The molecule has 3 heteroatoms. The molecule has 1 fully saturated rings. The lowest BCUT2D eigenvalue weighted by atomic mass is 9.95. The molecule has 3 nitrogen and oxygen atoms in total. The number of hydrogen-bond donors (Lipinski definition) is 2. The molecule has 2 aromatic rings. The number of nitrogens with one attached hydrogen (secondary N) is 2. The quantitative estimate of drug-likeness (QED) is 0.848. The summed E-state index contributed by atoms with van der Waals surface area (Å²) in [5.74, 6) is 0.0301. The Morgan fingerprint density at radius 3 is 2.79 bits per heavy atom. The first-order valence-electron chi connectivity index (χ1n) is 7.13. The highest BCUT2D eigenvalue weighted by atomic mass is 16.1. The minimum Gasteiger partial charge on any atom is -0.350 e. The molecule has 1 aromatic carbocycles. The van der Waals surface area contributed by atoms with Crippen LogP contribution in [0.25, 0.3) is 10.9 Å². The minimum atomic E-state index is 0.0301. The number of carbonyl (C=O) groups is 1. The molecule has 0 atom stereocenters. The van der Waals surface area contributed by atoms with E-state index in [9.17, 15) is 4.79 Å². The van der Waals surface area contributed by atoms with Crippen molar-refractivity contribution in [1.82, 2.24) is 10.3 Å². The Hall–Kier alpha value is -1.77. The fourth-order valence-electron chi connectivity index (χ4n) is 2.94. The van der Waals surface area contributed by atoms with Crippen molar-refractivity contribution in [3.05, 3.63) is 35.5 Å². The molecule has 0 saturated heterocycles. The van der Waals surface area contributed by atoms with Gasteiger partial charge in [-0.25, -0.2) is 0 Å². The van der Waals surface area contributed by atoms with Crippen LogP contribution in [0.5, 0.6) is 0 Å². The van der Waals surface area contributed by atoms with E-state index in [2.05, 4.69) is 23.3 Å². The Bertz CT molecular complexity index is 594. The number of amides is 1. The maximum Gasteiger partial charge on any atom is 0.267 e. The summed E-state index contributed by atoms with van der Waals surface area (Å²) in [6.45, 7) is 2.06. The van der Waals surface area contributed by atoms with Crippen molar-refractivity contribution in [2.24, 2.45) is 0 Å². The number of carbonyl (C=O) groups excluding carboxylic acids is 1. The van der Waals surface area contributed by atoms with Crippen LogP contribution >= 0.6 is 0 Å². The largest absolute Gasteiger partial charge is 0.350 e. The topological polar surface area (TPSA) is 44.9 Å². The lowest BCUT2D eigenvalue weighted by Crippen LogP contribution is -2.36. The summed E-state index contributed by atoms with van der Waals surface area (Å²) >= 11 is 0. The standard InChI is InChI=1S/C16H20N2O/c1-11-6-5-7-12-10-14(18-15(11)12)16(19)17-13-8-3-2-4-9-13/h5-7,10,13,18H,2-4,8-9H2,1H3,(H,17,19). The third kappa shape index (κ3) is 2.50. The highest BCUT2D eigenvalue weighted by Crippen LogP contribution is 2.20. The summed E-state index contributed by atoms with van der Waals surface area (Å²) in [6.07, 6.45) is 6.00. The normalized spacial score (nSPS) is 16.7. The summed E-state index contributed by atoms with van der Waals surface area (Å²) in [5, 5.41) is 4.25. The van der Waals surface area contributed by atoms with Gasteiger partial charge in [-0.05, 0) is 31.4 Å². The summed E-state index contributed by atoms with van der Waals surface area (Å²) in [7, 11) is 0. The number of rotatable bonds is 2. The molecule has 0 spiro atoms. The summed E-state index contributed by atoms with van der Waals surface area (Å²) in [4.78, 5) is 15.5. The molecule has 1 saturated carbocycles. The Morgan fingerprint density at radius 1 is 1.26 bits per heavy atom. The van der Waals surface area contributed by atoms with E-state index >= 15 is 0 Å². The molecule has 3 rings (SSSR count). The van der Waals surface area contributed by atoms with Gasteiger partial charge >= 0.3 is 0 Å². The molecule has 0 aliphatic heterocycles. The van der Waals surface area contributed by atoms with Gasteiger partial charge < -0.3 is 10.3 Å². The first-order chi connectivity index (χ1) is 9.24. The van der Waals surface area contributed by atoms with Crippen molar-refractivity contribution < 1.29 is 4.79 Å². The van der Waals surface area contributed by atoms with Crippen molar-refractivity contribution in [3.8, 4) is 0 Å². The van der Waals surface area contributed by atoms with Gasteiger partial charge in [0.2, 0.25) is 0 Å². The van der Waals surface area contributed by atoms with Crippen LogP contribution in [0.15, 0.2) is 24.3 Å². The van der Waals surface area contributed by atoms with Crippen LogP contribution in [-0.2, 0) is 0 Å². The summed E-state index contributed by atoms with van der Waals surface area (Å²) < 4.78 is 0. The fourth-order valence-corrected chi connectivity index (χ4v) is 2.94. The maximum atomic E-state index is 12.3. The number of hydrogen-bond acceptors (Lipinski definition) is 1. The highest BCUT2D eigenvalue weighted by molar-refractivity contribution is 5.98. The van der Waals surface area contributed by atoms with E-state index in [1.807, 2.05) is 18.2 Å². The molecule has 1 heterocycles. The number of aromatic amines is 1. The van der Waals surface area contributed by atoms with Crippen molar-refractivity contribution >= 4 is 16.8 Å². The van der Waals surface area contributed by atoms with Gasteiger partial charge in [-0.2, -0.15) is 0 Å². The molecule has 1 aromatic heterocycles. The molecule has 0 radical (unpaired) electrons. The molecule has 2 N–H and O–H groups in total. The number of aryl methyl sites for hydroxylation is 1. The second-order valence-electron chi connectivity index (χ2n) is 5.53. The van der Waals surface area contributed by atoms with Crippen LogP contribution in [0.1, 0.15) is 48.2 Å². The molecule has 0 unspecified atom stereocenters. The van der Waals surface area contributed by atoms with E-state index in [0.29, 0.717) is 11.7 Å². The van der Waals surface area contributed by atoms with Gasteiger partial charge in [-0.3, -0.25) is 4.79 Å². The number of para-hydroxylation sites is 1. The second-order valence-corrected chi connectivity index (χ2v) is 5.53. The molecule has 19 heavy (non-hydrogen) atoms.